The van der Waals surface area contributed by atoms with Crippen LogP contribution in [0.2, 0.25) is 0 Å². The van der Waals surface area contributed by atoms with Gasteiger partial charge < -0.3 is 15.5 Å². The molecule has 2 rings (SSSR count). The average molecular weight is 366 g/mol. The number of hydrogen-bond acceptors (Lipinski definition) is 4. The van der Waals surface area contributed by atoms with E-state index in [4.69, 9.17) is 5.73 Å². The highest BCUT2D eigenvalue weighted by molar-refractivity contribution is 5.94. The van der Waals surface area contributed by atoms with Crippen LogP contribution in [0.15, 0.2) is 18.2 Å². The topological polar surface area (TPSA) is 66.6 Å². The van der Waals surface area contributed by atoms with Crippen LogP contribution in [0.25, 0.3) is 0 Å². The van der Waals surface area contributed by atoms with E-state index >= 15 is 0 Å². The first-order valence-electron chi connectivity index (χ1n) is 7.00. The summed E-state index contributed by atoms with van der Waals surface area (Å²) in [6, 6.07) is 4.00. The Labute approximate surface area is 147 Å². The third kappa shape index (κ3) is 5.06. The van der Waals surface area contributed by atoms with Gasteiger partial charge in [-0.2, -0.15) is 0 Å². The number of piperazine rings is 1. The molecule has 1 atom stereocenters. The lowest BCUT2D eigenvalue weighted by Crippen LogP contribution is -2.52. The molecule has 0 radical (unpaired) electrons. The SMILES string of the molecule is CC(=O)c1ccc(N2CCN(C(=O)[C@@H](C)N)CC2)c(F)c1.Cl.Cl. The van der Waals surface area contributed by atoms with E-state index in [0.29, 0.717) is 37.4 Å². The van der Waals surface area contributed by atoms with E-state index in [9.17, 15) is 14.0 Å². The number of carbonyl (C=O) groups excluding carboxylic acids is 2. The zero-order valence-corrected chi connectivity index (χ0v) is 14.8. The van der Waals surface area contributed by atoms with Crippen molar-refractivity contribution in [2.75, 3.05) is 31.1 Å². The van der Waals surface area contributed by atoms with E-state index in [1.165, 1.54) is 13.0 Å². The number of nitrogens with two attached hydrogens (primary N) is 1. The molecule has 0 unspecified atom stereocenters. The van der Waals surface area contributed by atoms with Crippen molar-refractivity contribution in [3.8, 4) is 0 Å². The van der Waals surface area contributed by atoms with Gasteiger partial charge in [-0.05, 0) is 32.0 Å². The molecule has 8 heteroatoms. The minimum Gasteiger partial charge on any atom is -0.366 e. The molecule has 2 N–H and O–H groups in total. The highest BCUT2D eigenvalue weighted by atomic mass is 35.5. The van der Waals surface area contributed by atoms with Crippen LogP contribution < -0.4 is 10.6 Å². The van der Waals surface area contributed by atoms with E-state index < -0.39 is 11.9 Å². The fourth-order valence-electron chi connectivity index (χ4n) is 2.44. The molecule has 1 aliphatic heterocycles. The molecule has 1 aromatic rings. The number of nitrogens with zero attached hydrogens (tertiary/aromatic N) is 2. The molecule has 0 aromatic heterocycles. The molecule has 1 saturated heterocycles. The van der Waals surface area contributed by atoms with E-state index in [0.717, 1.165) is 0 Å². The number of rotatable bonds is 3. The number of anilines is 1. The summed E-state index contributed by atoms with van der Waals surface area (Å²) in [6.45, 7) is 5.22. The highest BCUT2D eigenvalue weighted by Crippen LogP contribution is 2.22. The van der Waals surface area contributed by atoms with Crippen molar-refractivity contribution in [3.05, 3.63) is 29.6 Å². The molecule has 23 heavy (non-hydrogen) atoms. The Bertz CT molecular complexity index is 562. The third-order valence-electron chi connectivity index (χ3n) is 3.68. The third-order valence-corrected chi connectivity index (χ3v) is 3.68. The highest BCUT2D eigenvalue weighted by Gasteiger charge is 2.24. The summed E-state index contributed by atoms with van der Waals surface area (Å²) in [5, 5.41) is 0. The van der Waals surface area contributed by atoms with Gasteiger partial charge in [0.25, 0.3) is 0 Å². The van der Waals surface area contributed by atoms with Gasteiger partial charge in [-0.3, -0.25) is 9.59 Å². The van der Waals surface area contributed by atoms with Crippen molar-refractivity contribution in [2.45, 2.75) is 19.9 Å². The number of halogens is 3. The largest absolute Gasteiger partial charge is 0.366 e. The normalized spacial score (nSPS) is 15.3. The van der Waals surface area contributed by atoms with Crippen molar-refractivity contribution in [2.24, 2.45) is 5.73 Å². The van der Waals surface area contributed by atoms with Crippen LogP contribution >= 0.6 is 24.8 Å². The van der Waals surface area contributed by atoms with E-state index in [1.54, 1.807) is 24.0 Å². The lowest BCUT2D eigenvalue weighted by molar-refractivity contribution is -0.132. The standard InChI is InChI=1S/C15H20FN3O2.2ClH/c1-10(17)15(21)19-7-5-18(6-8-19)14-4-3-12(11(2)20)9-13(14)16;;/h3-4,9-10H,5-8,17H2,1-2H3;2*1H/t10-;;/m1../s1. The molecule has 0 bridgehead atoms. The molecular weight excluding hydrogens is 344 g/mol. The number of ketones is 1. The van der Waals surface area contributed by atoms with Gasteiger partial charge in [0, 0.05) is 31.7 Å². The van der Waals surface area contributed by atoms with Crippen LogP contribution in [0.1, 0.15) is 24.2 Å². The predicted octanol–water partition coefficient (Wildman–Crippen LogP) is 1.87. The lowest BCUT2D eigenvalue weighted by atomic mass is 10.1. The van der Waals surface area contributed by atoms with Crippen molar-refractivity contribution >= 4 is 42.2 Å². The van der Waals surface area contributed by atoms with Crippen molar-refractivity contribution in [3.63, 3.8) is 0 Å². The van der Waals surface area contributed by atoms with Gasteiger partial charge in [0.1, 0.15) is 5.82 Å². The molecule has 1 aliphatic rings. The lowest BCUT2D eigenvalue weighted by Gasteiger charge is -2.36. The second-order valence-corrected chi connectivity index (χ2v) is 5.32. The van der Waals surface area contributed by atoms with Gasteiger partial charge in [-0.15, -0.1) is 24.8 Å². The maximum atomic E-state index is 14.1. The minimum absolute atomic E-state index is 0. The summed E-state index contributed by atoms with van der Waals surface area (Å²) in [6.07, 6.45) is 0. The number of Topliss-reactive ketones (excluding diaryl/α,β-unsaturated/α-hetero) is 1. The molecular formula is C15H22Cl2FN3O2. The van der Waals surface area contributed by atoms with Crippen molar-refractivity contribution < 1.29 is 14.0 Å². The Morgan fingerprint density at radius 3 is 2.17 bits per heavy atom. The summed E-state index contributed by atoms with van der Waals surface area (Å²) < 4.78 is 14.1. The number of benzene rings is 1. The van der Waals surface area contributed by atoms with Crippen molar-refractivity contribution in [1.82, 2.24) is 4.90 Å². The second kappa shape index (κ2) is 9.05. The van der Waals surface area contributed by atoms with Gasteiger partial charge in [0.15, 0.2) is 5.78 Å². The monoisotopic (exact) mass is 365 g/mol. The average Bonchev–Trinajstić information content (AvgIpc) is 2.46. The zero-order valence-electron chi connectivity index (χ0n) is 13.1. The first-order valence-corrected chi connectivity index (χ1v) is 7.00. The minimum atomic E-state index is -0.511. The van der Waals surface area contributed by atoms with Crippen LogP contribution in [0.3, 0.4) is 0 Å². The fraction of sp³-hybridized carbons (Fsp3) is 0.467. The Kier molecular flexibility index (Phi) is 8.52. The molecule has 1 heterocycles. The molecule has 1 amide bonds. The van der Waals surface area contributed by atoms with Gasteiger partial charge in [-0.1, -0.05) is 0 Å². The number of amides is 1. The van der Waals surface area contributed by atoms with E-state index in [1.807, 2.05) is 4.90 Å². The summed E-state index contributed by atoms with van der Waals surface area (Å²) in [5.74, 6) is -0.649. The zero-order chi connectivity index (χ0) is 15.6. The first kappa shape index (κ1) is 21.6. The molecule has 0 aliphatic carbocycles. The number of carbonyl (C=O) groups is 2. The van der Waals surface area contributed by atoms with Crippen LogP contribution in [0.5, 0.6) is 0 Å². The van der Waals surface area contributed by atoms with Gasteiger partial charge in [-0.25, -0.2) is 4.39 Å². The quantitative estimate of drug-likeness (QED) is 0.830. The molecule has 1 aromatic carbocycles. The van der Waals surface area contributed by atoms with Gasteiger partial charge in [0.2, 0.25) is 5.91 Å². The molecule has 5 nitrogen and oxygen atoms in total. The van der Waals surface area contributed by atoms with Crippen LogP contribution in [0.4, 0.5) is 10.1 Å². The Balaban J connectivity index is 0.00000242. The maximum Gasteiger partial charge on any atom is 0.239 e. The Morgan fingerprint density at radius 2 is 1.74 bits per heavy atom. The number of hydrogen-bond donors (Lipinski definition) is 1. The predicted molar refractivity (Wildman–Crippen MR) is 93.3 cm³/mol. The molecule has 0 spiro atoms. The van der Waals surface area contributed by atoms with Crippen molar-refractivity contribution in [1.29, 1.82) is 0 Å². The van der Waals surface area contributed by atoms with E-state index in [-0.39, 0.29) is 36.5 Å². The molecule has 1 fully saturated rings. The summed E-state index contributed by atoms with van der Waals surface area (Å²) in [5.41, 5.74) is 6.41. The summed E-state index contributed by atoms with van der Waals surface area (Å²) in [4.78, 5) is 26.6. The van der Waals surface area contributed by atoms with Gasteiger partial charge in [0.05, 0.1) is 11.7 Å². The molecule has 0 saturated carbocycles. The smallest absolute Gasteiger partial charge is 0.239 e. The first-order chi connectivity index (χ1) is 9.90. The Morgan fingerprint density at radius 1 is 1.17 bits per heavy atom. The molecule has 130 valence electrons. The maximum absolute atomic E-state index is 14.1. The van der Waals surface area contributed by atoms with Gasteiger partial charge >= 0.3 is 0 Å². The fourth-order valence-corrected chi connectivity index (χ4v) is 2.44. The Hall–Kier alpha value is -1.37. The van der Waals surface area contributed by atoms with Crippen LogP contribution in [0, 0.1) is 5.82 Å². The summed E-state index contributed by atoms with van der Waals surface area (Å²) >= 11 is 0. The van der Waals surface area contributed by atoms with Crippen LogP contribution in [-0.2, 0) is 4.79 Å². The van der Waals surface area contributed by atoms with E-state index in [2.05, 4.69) is 0 Å². The van der Waals surface area contributed by atoms with Crippen LogP contribution in [-0.4, -0.2) is 48.8 Å². The second-order valence-electron chi connectivity index (χ2n) is 5.32. The summed E-state index contributed by atoms with van der Waals surface area (Å²) in [7, 11) is 0.